The lowest BCUT2D eigenvalue weighted by molar-refractivity contribution is 0.848. The van der Waals surface area contributed by atoms with Gasteiger partial charge in [-0.25, -0.2) is 0 Å². The Hall–Kier alpha value is -1.90. The highest BCUT2D eigenvalue weighted by atomic mass is 35.5. The molecule has 0 atom stereocenters. The van der Waals surface area contributed by atoms with Crippen LogP contribution in [0.3, 0.4) is 0 Å². The normalized spacial score (nSPS) is 11.0. The van der Waals surface area contributed by atoms with E-state index in [4.69, 9.17) is 23.2 Å². The molecule has 0 amide bonds. The minimum Gasteiger partial charge on any atom is -0.150 e. The van der Waals surface area contributed by atoms with Crippen molar-refractivity contribution in [2.75, 3.05) is 0 Å². The van der Waals surface area contributed by atoms with Crippen LogP contribution in [0.1, 0.15) is 25.3 Å². The Balaban J connectivity index is 2.18. The molecule has 0 aliphatic heterocycles. The quantitative estimate of drug-likeness (QED) is 0.562. The van der Waals surface area contributed by atoms with E-state index in [1.54, 1.807) is 0 Å². The fraction of sp³-hybridized carbons (Fsp3) is 0.158. The lowest BCUT2D eigenvalue weighted by Crippen LogP contribution is -2.00. The van der Waals surface area contributed by atoms with Crippen LogP contribution in [0.5, 0.6) is 0 Å². The van der Waals surface area contributed by atoms with E-state index in [0.717, 1.165) is 28.1 Å². The summed E-state index contributed by atoms with van der Waals surface area (Å²) in [4.78, 5) is 0. The monoisotopic (exact) mass is 342 g/mol. The van der Waals surface area contributed by atoms with Gasteiger partial charge in [0.2, 0.25) is 0 Å². The Morgan fingerprint density at radius 1 is 0.783 bits per heavy atom. The maximum atomic E-state index is 6.33. The highest BCUT2D eigenvalue weighted by Crippen LogP contribution is 2.34. The fourth-order valence-corrected chi connectivity index (χ4v) is 2.97. The summed E-state index contributed by atoms with van der Waals surface area (Å²) >= 11 is 12.6. The Bertz CT molecular complexity index is 844. The summed E-state index contributed by atoms with van der Waals surface area (Å²) < 4.78 is 0. The topological polar surface area (TPSA) is 25.8 Å². The fourth-order valence-electron chi connectivity index (χ4n) is 2.51. The van der Waals surface area contributed by atoms with E-state index >= 15 is 0 Å². The number of hydrogen-bond acceptors (Lipinski definition) is 2. The molecule has 3 rings (SSSR count). The van der Waals surface area contributed by atoms with Crippen LogP contribution in [0.15, 0.2) is 54.6 Å². The number of halogens is 2. The third-order valence-corrected chi connectivity index (χ3v) is 4.38. The summed E-state index contributed by atoms with van der Waals surface area (Å²) in [5.41, 5.74) is 4.48. The zero-order valence-electron chi connectivity index (χ0n) is 12.9. The number of aromatic nitrogens is 2. The van der Waals surface area contributed by atoms with Gasteiger partial charge in [-0.2, -0.15) is 0 Å². The van der Waals surface area contributed by atoms with Crippen LogP contribution in [0.4, 0.5) is 0 Å². The van der Waals surface area contributed by atoms with Gasteiger partial charge in [-0.15, -0.1) is 10.2 Å². The molecule has 1 aromatic heterocycles. The molecule has 2 aromatic carbocycles. The van der Waals surface area contributed by atoms with Crippen molar-refractivity contribution in [1.29, 1.82) is 0 Å². The maximum Gasteiger partial charge on any atom is 0.0979 e. The number of hydrogen-bond donors (Lipinski definition) is 0. The van der Waals surface area contributed by atoms with Gasteiger partial charge in [0, 0.05) is 11.1 Å². The van der Waals surface area contributed by atoms with Crippen LogP contribution in [-0.4, -0.2) is 10.2 Å². The Labute approximate surface area is 146 Å². The zero-order valence-corrected chi connectivity index (χ0v) is 14.4. The van der Waals surface area contributed by atoms with Crippen LogP contribution < -0.4 is 0 Å². The third-order valence-electron chi connectivity index (χ3n) is 3.72. The van der Waals surface area contributed by atoms with Crippen molar-refractivity contribution in [2.45, 2.75) is 19.8 Å². The number of benzene rings is 2. The Morgan fingerprint density at radius 3 is 1.91 bits per heavy atom. The summed E-state index contributed by atoms with van der Waals surface area (Å²) in [6.07, 6.45) is 0. The van der Waals surface area contributed by atoms with E-state index in [9.17, 15) is 0 Å². The van der Waals surface area contributed by atoms with Gasteiger partial charge in [0.25, 0.3) is 0 Å². The summed E-state index contributed by atoms with van der Waals surface area (Å²) in [6, 6.07) is 17.4. The first-order chi connectivity index (χ1) is 11.1. The molecule has 2 nitrogen and oxygen atoms in total. The average molecular weight is 343 g/mol. The molecule has 1 heterocycles. The lowest BCUT2D eigenvalue weighted by Gasteiger charge is -2.14. The Morgan fingerprint density at radius 2 is 1.35 bits per heavy atom. The molecule has 3 aromatic rings. The second-order valence-corrected chi connectivity index (χ2v) is 6.46. The van der Waals surface area contributed by atoms with Gasteiger partial charge >= 0.3 is 0 Å². The third kappa shape index (κ3) is 3.24. The van der Waals surface area contributed by atoms with Crippen molar-refractivity contribution in [1.82, 2.24) is 10.2 Å². The highest BCUT2D eigenvalue weighted by Gasteiger charge is 2.16. The molecule has 116 valence electrons. The van der Waals surface area contributed by atoms with Gasteiger partial charge in [0.1, 0.15) is 0 Å². The highest BCUT2D eigenvalue weighted by molar-refractivity contribution is 6.33. The molecule has 0 saturated heterocycles. The van der Waals surface area contributed by atoms with Gasteiger partial charge in [-0.3, -0.25) is 0 Å². The minimum absolute atomic E-state index is 0.290. The van der Waals surface area contributed by atoms with Crippen molar-refractivity contribution in [3.63, 3.8) is 0 Å². The van der Waals surface area contributed by atoms with E-state index in [1.165, 1.54) is 0 Å². The predicted octanol–water partition coefficient (Wildman–Crippen LogP) is 6.24. The van der Waals surface area contributed by atoms with Gasteiger partial charge in [-0.1, -0.05) is 73.4 Å². The Kier molecular flexibility index (Phi) is 4.65. The van der Waals surface area contributed by atoms with Crippen molar-refractivity contribution in [3.8, 4) is 22.5 Å². The van der Waals surface area contributed by atoms with E-state index < -0.39 is 0 Å². The molecule has 0 saturated carbocycles. The summed E-state index contributed by atoms with van der Waals surface area (Å²) in [5, 5.41) is 10.2. The predicted molar refractivity (Wildman–Crippen MR) is 97.0 cm³/mol. The van der Waals surface area contributed by atoms with Crippen molar-refractivity contribution < 1.29 is 0 Å². The lowest BCUT2D eigenvalue weighted by atomic mass is 9.96. The average Bonchev–Trinajstić information content (AvgIpc) is 2.55. The molecular weight excluding hydrogens is 327 g/mol. The molecule has 0 fully saturated rings. The first kappa shape index (κ1) is 16.0. The molecule has 4 heteroatoms. The van der Waals surface area contributed by atoms with Crippen LogP contribution >= 0.6 is 23.2 Å². The van der Waals surface area contributed by atoms with Crippen molar-refractivity contribution in [3.05, 3.63) is 70.2 Å². The zero-order chi connectivity index (χ0) is 16.4. The SMILES string of the molecule is CC(C)c1cc(-c2ccccc2Cl)nnc1-c1ccccc1Cl. The van der Waals surface area contributed by atoms with Crippen LogP contribution in [0.25, 0.3) is 22.5 Å². The molecule has 0 N–H and O–H groups in total. The molecule has 0 spiro atoms. The van der Waals surface area contributed by atoms with Gasteiger partial charge in [0.05, 0.1) is 21.4 Å². The van der Waals surface area contributed by atoms with Gasteiger partial charge in [-0.05, 0) is 29.7 Å². The standard InChI is InChI=1S/C19H16Cl2N2/c1-12(2)15-11-18(13-7-3-5-9-16(13)20)22-23-19(15)14-8-4-6-10-17(14)21/h3-12H,1-2H3. The van der Waals surface area contributed by atoms with E-state index in [2.05, 4.69) is 30.1 Å². The smallest absolute Gasteiger partial charge is 0.0979 e. The van der Waals surface area contributed by atoms with Gasteiger partial charge in [0.15, 0.2) is 0 Å². The largest absolute Gasteiger partial charge is 0.150 e. The first-order valence-electron chi connectivity index (χ1n) is 7.45. The number of nitrogens with zero attached hydrogens (tertiary/aromatic N) is 2. The first-order valence-corrected chi connectivity index (χ1v) is 8.21. The van der Waals surface area contributed by atoms with Gasteiger partial charge < -0.3 is 0 Å². The van der Waals surface area contributed by atoms with Crippen molar-refractivity contribution in [2.24, 2.45) is 0 Å². The molecule has 0 aliphatic carbocycles. The summed E-state index contributed by atoms with van der Waals surface area (Å²) in [6.45, 7) is 4.27. The molecule has 0 bridgehead atoms. The summed E-state index contributed by atoms with van der Waals surface area (Å²) in [5.74, 6) is 0.290. The van der Waals surface area contributed by atoms with E-state index in [-0.39, 0.29) is 5.92 Å². The second-order valence-electron chi connectivity index (χ2n) is 5.65. The van der Waals surface area contributed by atoms with Crippen LogP contribution in [0, 0.1) is 0 Å². The number of rotatable bonds is 3. The molecular formula is C19H16Cl2N2. The summed E-state index contributed by atoms with van der Waals surface area (Å²) in [7, 11) is 0. The van der Waals surface area contributed by atoms with Crippen LogP contribution in [0.2, 0.25) is 10.0 Å². The molecule has 0 unspecified atom stereocenters. The molecule has 0 aliphatic rings. The second kappa shape index (κ2) is 6.69. The van der Waals surface area contributed by atoms with Crippen LogP contribution in [-0.2, 0) is 0 Å². The van der Waals surface area contributed by atoms with Crippen molar-refractivity contribution >= 4 is 23.2 Å². The molecule has 23 heavy (non-hydrogen) atoms. The van der Waals surface area contributed by atoms with E-state index in [0.29, 0.717) is 10.0 Å². The minimum atomic E-state index is 0.290. The maximum absolute atomic E-state index is 6.33. The molecule has 0 radical (unpaired) electrons. The van der Waals surface area contributed by atoms with E-state index in [1.807, 2.05) is 48.5 Å².